The van der Waals surface area contributed by atoms with Gasteiger partial charge in [-0.2, -0.15) is 0 Å². The van der Waals surface area contributed by atoms with Gasteiger partial charge in [-0.15, -0.1) is 0 Å². The minimum absolute atomic E-state index is 0.136. The number of carbonyl (C=O) groups is 8. The van der Waals surface area contributed by atoms with Crippen LogP contribution in [0.4, 0.5) is 0 Å². The van der Waals surface area contributed by atoms with E-state index in [1.54, 1.807) is 24.3 Å². The molecular formula is C40H50O18. The molecule has 0 unspecified atom stereocenters. The second-order valence-corrected chi connectivity index (χ2v) is 13.4. The van der Waals surface area contributed by atoms with Crippen LogP contribution >= 0.6 is 0 Å². The molecule has 0 aromatic heterocycles. The number of carbonyl (C=O) groups excluding carboxylic acids is 8. The Balaban J connectivity index is 1.80. The molecule has 2 fully saturated rings. The second-order valence-electron chi connectivity index (χ2n) is 13.4. The normalized spacial score (nSPS) is 26.8. The molecule has 0 aliphatic carbocycles. The van der Waals surface area contributed by atoms with Gasteiger partial charge in [0, 0.05) is 55.4 Å². The standard InChI is InChI=1S/C40H50O18/c1-21(41)49-19-33-37(53-25(5)45)39(55-27(7)47)35(51-23(3)43)31(57-33)13-9-11-29-15-17-30(18-16-29)12-10-14-32-36(52-24(4)44)40(56-28(8)48)38(54-26(6)46)34(58-32)20-50-22(2)42/h9-12,15-18,31-40H,13-14,19-20H2,1-8H3/t31-,32-,33-,34-,35-,36-,37-,38-,39-,40-/m1/s1. The Labute approximate surface area is 335 Å². The maximum atomic E-state index is 12.1. The van der Waals surface area contributed by atoms with Crippen LogP contribution in [0.1, 0.15) is 79.4 Å². The van der Waals surface area contributed by atoms with Crippen molar-refractivity contribution in [3.63, 3.8) is 0 Å². The minimum atomic E-state index is -1.27. The van der Waals surface area contributed by atoms with E-state index in [0.29, 0.717) is 0 Å². The van der Waals surface area contributed by atoms with Gasteiger partial charge in [-0.25, -0.2) is 0 Å². The summed E-state index contributed by atoms with van der Waals surface area (Å²) >= 11 is 0. The van der Waals surface area contributed by atoms with Crippen molar-refractivity contribution >= 4 is 59.9 Å². The fraction of sp³-hybridized carbons (Fsp3) is 0.550. The number of esters is 8. The summed E-state index contributed by atoms with van der Waals surface area (Å²) in [5.41, 5.74) is 1.53. The molecule has 0 N–H and O–H groups in total. The third-order valence-electron chi connectivity index (χ3n) is 8.47. The highest BCUT2D eigenvalue weighted by Crippen LogP contribution is 2.33. The van der Waals surface area contributed by atoms with Gasteiger partial charge in [-0.1, -0.05) is 48.6 Å². The predicted molar refractivity (Wildman–Crippen MR) is 198 cm³/mol. The molecule has 0 bridgehead atoms. The molecular weight excluding hydrogens is 768 g/mol. The molecule has 1 aromatic rings. The van der Waals surface area contributed by atoms with E-state index >= 15 is 0 Å². The smallest absolute Gasteiger partial charge is 0.303 e. The third kappa shape index (κ3) is 15.0. The molecule has 2 saturated heterocycles. The van der Waals surface area contributed by atoms with E-state index in [4.69, 9.17) is 47.4 Å². The Hall–Kier alpha value is -5.62. The van der Waals surface area contributed by atoms with Crippen LogP contribution in [-0.2, 0) is 85.7 Å². The maximum absolute atomic E-state index is 12.1. The zero-order chi connectivity index (χ0) is 43.1. The first-order valence-corrected chi connectivity index (χ1v) is 18.4. The molecule has 2 aliphatic heterocycles. The summed E-state index contributed by atoms with van der Waals surface area (Å²) in [4.78, 5) is 95.7. The highest BCUT2D eigenvalue weighted by Gasteiger charge is 2.53. The third-order valence-corrected chi connectivity index (χ3v) is 8.47. The molecule has 2 heterocycles. The molecule has 0 saturated carbocycles. The van der Waals surface area contributed by atoms with Crippen LogP contribution in [0.5, 0.6) is 0 Å². The van der Waals surface area contributed by atoms with Gasteiger partial charge < -0.3 is 47.4 Å². The number of hydrogen-bond donors (Lipinski definition) is 0. The molecule has 18 nitrogen and oxygen atoms in total. The van der Waals surface area contributed by atoms with Crippen LogP contribution < -0.4 is 0 Å². The van der Waals surface area contributed by atoms with Crippen LogP contribution in [0.25, 0.3) is 12.2 Å². The first-order chi connectivity index (χ1) is 27.3. The predicted octanol–water partition coefficient (Wildman–Crippen LogP) is 2.74. The summed E-state index contributed by atoms with van der Waals surface area (Å²) in [5.74, 6) is -5.54. The van der Waals surface area contributed by atoms with Crippen molar-refractivity contribution in [2.24, 2.45) is 0 Å². The van der Waals surface area contributed by atoms with Gasteiger partial charge >= 0.3 is 47.8 Å². The molecule has 318 valence electrons. The Morgan fingerprint density at radius 1 is 0.414 bits per heavy atom. The number of hydrogen-bond acceptors (Lipinski definition) is 18. The summed E-state index contributed by atoms with van der Waals surface area (Å²) < 4.78 is 55.4. The highest BCUT2D eigenvalue weighted by molar-refractivity contribution is 5.70. The molecule has 3 rings (SSSR count). The number of ether oxygens (including phenoxy) is 10. The van der Waals surface area contributed by atoms with Gasteiger partial charge in [0.1, 0.15) is 37.6 Å². The van der Waals surface area contributed by atoms with Gasteiger partial charge in [-0.3, -0.25) is 38.4 Å². The van der Waals surface area contributed by atoms with Crippen LogP contribution in [0.2, 0.25) is 0 Å². The van der Waals surface area contributed by atoms with E-state index in [2.05, 4.69) is 0 Å². The zero-order valence-corrected chi connectivity index (χ0v) is 33.6. The maximum Gasteiger partial charge on any atom is 0.303 e. The van der Waals surface area contributed by atoms with Gasteiger partial charge in [-0.05, 0) is 24.0 Å². The van der Waals surface area contributed by atoms with Gasteiger partial charge in [0.05, 0.1) is 0 Å². The lowest BCUT2D eigenvalue weighted by Crippen LogP contribution is -2.62. The van der Waals surface area contributed by atoms with Gasteiger partial charge in [0.25, 0.3) is 0 Å². The van der Waals surface area contributed by atoms with E-state index in [9.17, 15) is 38.4 Å². The molecule has 0 amide bonds. The average Bonchev–Trinajstić information content (AvgIpc) is 3.10. The number of rotatable bonds is 16. The Kier molecular flexibility index (Phi) is 18.0. The Morgan fingerprint density at radius 2 is 0.672 bits per heavy atom. The number of benzene rings is 1. The molecule has 0 spiro atoms. The zero-order valence-electron chi connectivity index (χ0n) is 33.6. The minimum Gasteiger partial charge on any atom is -0.463 e. The van der Waals surface area contributed by atoms with Crippen molar-refractivity contribution in [1.29, 1.82) is 0 Å². The molecule has 1 aromatic carbocycles. The lowest BCUT2D eigenvalue weighted by atomic mass is 9.92. The van der Waals surface area contributed by atoms with E-state index in [-0.39, 0.29) is 26.1 Å². The molecule has 58 heavy (non-hydrogen) atoms. The summed E-state index contributed by atoms with van der Waals surface area (Å²) in [5, 5.41) is 0. The lowest BCUT2D eigenvalue weighted by Gasteiger charge is -2.44. The molecule has 0 radical (unpaired) electrons. The Morgan fingerprint density at radius 3 is 0.931 bits per heavy atom. The topological polar surface area (TPSA) is 229 Å². The highest BCUT2D eigenvalue weighted by atomic mass is 16.7. The largest absolute Gasteiger partial charge is 0.463 e. The summed E-state index contributed by atoms with van der Waals surface area (Å²) in [6.45, 7) is 8.65. The van der Waals surface area contributed by atoms with Crippen LogP contribution in [0.15, 0.2) is 36.4 Å². The SMILES string of the molecule is CC(=O)OC[C@H]1O[C@H](CC=Cc2ccc(C=CC[C@H]3O[C@H](COC(C)=O)[C@@H](OC(C)=O)[C@H](OC(C)=O)[C@@H]3OC(C)=O)cc2)[C@@H](OC(C)=O)[C@@H](OC(C)=O)[C@@H]1OC(C)=O. The summed E-state index contributed by atoms with van der Waals surface area (Å²) in [7, 11) is 0. The quantitative estimate of drug-likeness (QED) is 0.172. The first kappa shape index (κ1) is 46.8. The monoisotopic (exact) mass is 818 g/mol. The molecule has 18 heteroatoms. The van der Waals surface area contributed by atoms with Crippen molar-refractivity contribution < 1.29 is 85.7 Å². The van der Waals surface area contributed by atoms with E-state index < -0.39 is 109 Å². The van der Waals surface area contributed by atoms with Gasteiger partial charge in [0.2, 0.25) is 0 Å². The van der Waals surface area contributed by atoms with Crippen molar-refractivity contribution in [2.75, 3.05) is 13.2 Å². The van der Waals surface area contributed by atoms with Crippen LogP contribution in [-0.4, -0.2) is 122 Å². The summed E-state index contributed by atoms with van der Waals surface area (Å²) in [6, 6.07) is 7.27. The van der Waals surface area contributed by atoms with Crippen molar-refractivity contribution in [1.82, 2.24) is 0 Å². The fourth-order valence-corrected chi connectivity index (χ4v) is 6.41. The molecule has 10 atom stereocenters. The molecule has 2 aliphatic rings. The van der Waals surface area contributed by atoms with Crippen molar-refractivity contribution in [3.05, 3.63) is 47.5 Å². The van der Waals surface area contributed by atoms with E-state index in [1.807, 2.05) is 24.3 Å². The van der Waals surface area contributed by atoms with Crippen LogP contribution in [0.3, 0.4) is 0 Å². The fourth-order valence-electron chi connectivity index (χ4n) is 6.41. The Bertz CT molecular complexity index is 1580. The van der Waals surface area contributed by atoms with Crippen LogP contribution in [0, 0.1) is 0 Å². The first-order valence-electron chi connectivity index (χ1n) is 18.4. The van der Waals surface area contributed by atoms with E-state index in [1.165, 1.54) is 27.7 Å². The van der Waals surface area contributed by atoms with Gasteiger partial charge in [0.15, 0.2) is 36.6 Å². The second kappa shape index (κ2) is 22.4. The summed E-state index contributed by atoms with van der Waals surface area (Å²) in [6.07, 6.45) is -4.01. The average molecular weight is 819 g/mol. The lowest BCUT2D eigenvalue weighted by molar-refractivity contribution is -0.251. The van der Waals surface area contributed by atoms with Crippen molar-refractivity contribution in [2.45, 2.75) is 129 Å². The van der Waals surface area contributed by atoms with Crippen molar-refractivity contribution in [3.8, 4) is 0 Å². The van der Waals surface area contributed by atoms with E-state index in [0.717, 1.165) is 38.8 Å².